The number of nitrogens with zero attached hydrogens (tertiary/aromatic N) is 2. The van der Waals surface area contributed by atoms with Crippen LogP contribution in [0.1, 0.15) is 6.42 Å². The smallest absolute Gasteiger partial charge is 0.319 e. The second kappa shape index (κ2) is 6.54. The minimum atomic E-state index is -0.363. The SMILES string of the molecule is O=C1OCC[C@@H]1Sc1nc2ccccc2c(=O)n1-c1cccc(Cl)c1. The molecule has 1 aliphatic rings. The van der Waals surface area contributed by atoms with E-state index in [1.807, 2.05) is 6.07 Å². The van der Waals surface area contributed by atoms with Crippen molar-refractivity contribution in [3.63, 3.8) is 0 Å². The average molecular weight is 373 g/mol. The Morgan fingerprint density at radius 2 is 2.00 bits per heavy atom. The Balaban J connectivity index is 1.94. The molecule has 4 rings (SSSR count). The summed E-state index contributed by atoms with van der Waals surface area (Å²) in [7, 11) is 0. The third-order valence-corrected chi connectivity index (χ3v) is 5.38. The minimum Gasteiger partial charge on any atom is -0.465 e. The van der Waals surface area contributed by atoms with E-state index >= 15 is 0 Å². The van der Waals surface area contributed by atoms with Crippen LogP contribution in [0.3, 0.4) is 0 Å². The monoisotopic (exact) mass is 372 g/mol. The third kappa shape index (κ3) is 3.03. The van der Waals surface area contributed by atoms with Gasteiger partial charge in [-0.1, -0.05) is 41.6 Å². The predicted octanol–water partition coefficient (Wildman–Crippen LogP) is 3.45. The number of aromatic nitrogens is 2. The van der Waals surface area contributed by atoms with Crippen molar-refractivity contribution in [2.45, 2.75) is 16.8 Å². The lowest BCUT2D eigenvalue weighted by molar-refractivity contribution is -0.137. The van der Waals surface area contributed by atoms with Crippen LogP contribution in [0.4, 0.5) is 0 Å². The zero-order valence-electron chi connectivity index (χ0n) is 13.0. The van der Waals surface area contributed by atoms with Crippen molar-refractivity contribution in [1.82, 2.24) is 9.55 Å². The lowest BCUT2D eigenvalue weighted by atomic mass is 10.2. The van der Waals surface area contributed by atoms with E-state index in [2.05, 4.69) is 4.98 Å². The molecular weight excluding hydrogens is 360 g/mol. The number of hydrogen-bond acceptors (Lipinski definition) is 5. The fraction of sp³-hybridized carbons (Fsp3) is 0.167. The average Bonchev–Trinajstić information content (AvgIpc) is 3.00. The first-order chi connectivity index (χ1) is 12.1. The molecule has 0 radical (unpaired) electrons. The van der Waals surface area contributed by atoms with Crippen LogP contribution in [0.2, 0.25) is 5.02 Å². The number of hydrogen-bond donors (Lipinski definition) is 0. The molecule has 25 heavy (non-hydrogen) atoms. The zero-order valence-corrected chi connectivity index (χ0v) is 14.6. The molecule has 5 nitrogen and oxygen atoms in total. The maximum atomic E-state index is 13.1. The lowest BCUT2D eigenvalue weighted by Crippen LogP contribution is -2.23. The van der Waals surface area contributed by atoms with E-state index in [1.54, 1.807) is 42.5 Å². The highest BCUT2D eigenvalue weighted by Crippen LogP contribution is 2.30. The Morgan fingerprint density at radius 1 is 1.16 bits per heavy atom. The molecule has 1 aliphatic heterocycles. The van der Waals surface area contributed by atoms with Crippen molar-refractivity contribution < 1.29 is 9.53 Å². The highest BCUT2D eigenvalue weighted by atomic mass is 35.5. The first-order valence-electron chi connectivity index (χ1n) is 7.74. The van der Waals surface area contributed by atoms with Crippen LogP contribution in [0.15, 0.2) is 58.5 Å². The van der Waals surface area contributed by atoms with E-state index in [9.17, 15) is 9.59 Å². The van der Waals surface area contributed by atoms with E-state index in [4.69, 9.17) is 16.3 Å². The van der Waals surface area contributed by atoms with Gasteiger partial charge < -0.3 is 4.74 Å². The van der Waals surface area contributed by atoms with E-state index < -0.39 is 0 Å². The molecule has 0 amide bonds. The first-order valence-corrected chi connectivity index (χ1v) is 9.00. The van der Waals surface area contributed by atoms with Gasteiger partial charge in [-0.15, -0.1) is 0 Å². The maximum absolute atomic E-state index is 13.1. The molecule has 7 heteroatoms. The largest absolute Gasteiger partial charge is 0.465 e. The quantitative estimate of drug-likeness (QED) is 0.520. The van der Waals surface area contributed by atoms with Gasteiger partial charge in [-0.2, -0.15) is 0 Å². The summed E-state index contributed by atoms with van der Waals surface area (Å²) in [6.45, 7) is 0.394. The summed E-state index contributed by atoms with van der Waals surface area (Å²) in [5.74, 6) is -0.273. The summed E-state index contributed by atoms with van der Waals surface area (Å²) in [6, 6.07) is 14.2. The fourth-order valence-electron chi connectivity index (χ4n) is 2.75. The molecule has 1 aromatic heterocycles. The van der Waals surface area contributed by atoms with Crippen LogP contribution in [-0.2, 0) is 9.53 Å². The van der Waals surface area contributed by atoms with Gasteiger partial charge in [0, 0.05) is 11.4 Å². The number of esters is 1. The molecule has 0 N–H and O–H groups in total. The molecule has 1 fully saturated rings. The van der Waals surface area contributed by atoms with Crippen LogP contribution in [0.25, 0.3) is 16.6 Å². The molecular formula is C18H13ClN2O3S. The Morgan fingerprint density at radius 3 is 2.76 bits per heavy atom. The molecule has 1 saturated heterocycles. The minimum absolute atomic E-state index is 0.193. The number of cyclic esters (lactones) is 1. The van der Waals surface area contributed by atoms with Crippen molar-refractivity contribution in [2.24, 2.45) is 0 Å². The van der Waals surface area contributed by atoms with Crippen molar-refractivity contribution >= 4 is 40.2 Å². The second-order valence-electron chi connectivity index (χ2n) is 5.59. The topological polar surface area (TPSA) is 61.2 Å². The van der Waals surface area contributed by atoms with Gasteiger partial charge in [0.05, 0.1) is 23.2 Å². The molecule has 1 atom stereocenters. The number of fused-ring (bicyclic) bond motifs is 1. The summed E-state index contributed by atoms with van der Waals surface area (Å²) in [5, 5.41) is 1.13. The van der Waals surface area contributed by atoms with Gasteiger partial charge in [0.2, 0.25) is 0 Å². The van der Waals surface area contributed by atoms with Gasteiger partial charge in [0.1, 0.15) is 5.25 Å². The fourth-order valence-corrected chi connectivity index (χ4v) is 4.01. The lowest BCUT2D eigenvalue weighted by Gasteiger charge is -2.14. The highest BCUT2D eigenvalue weighted by molar-refractivity contribution is 8.00. The standard InChI is InChI=1S/C18H13ClN2O3S/c19-11-4-3-5-12(10-11)21-16(22)13-6-1-2-7-14(13)20-18(21)25-15-8-9-24-17(15)23/h1-7,10,15H,8-9H2/t15-/m0/s1. The Kier molecular flexibility index (Phi) is 4.23. The summed E-state index contributed by atoms with van der Waals surface area (Å²) in [4.78, 5) is 29.5. The number of carbonyl (C=O) groups excluding carboxylic acids is 1. The zero-order chi connectivity index (χ0) is 17.4. The van der Waals surface area contributed by atoms with E-state index in [-0.39, 0.29) is 16.8 Å². The number of para-hydroxylation sites is 1. The number of benzene rings is 2. The van der Waals surface area contributed by atoms with E-state index in [0.29, 0.717) is 39.8 Å². The molecule has 126 valence electrons. The van der Waals surface area contributed by atoms with Crippen molar-refractivity contribution in [3.05, 3.63) is 63.9 Å². The summed E-state index contributed by atoms with van der Waals surface area (Å²) < 4.78 is 6.53. The Labute approximate surface area is 152 Å². The molecule has 2 aromatic carbocycles. The van der Waals surface area contributed by atoms with E-state index in [0.717, 1.165) is 0 Å². The van der Waals surface area contributed by atoms with Crippen molar-refractivity contribution in [1.29, 1.82) is 0 Å². The van der Waals surface area contributed by atoms with Gasteiger partial charge in [-0.05, 0) is 30.3 Å². The summed E-state index contributed by atoms with van der Waals surface area (Å²) >= 11 is 7.34. The van der Waals surface area contributed by atoms with Crippen LogP contribution in [-0.4, -0.2) is 27.4 Å². The molecule has 0 aliphatic carbocycles. The molecule has 3 aromatic rings. The van der Waals surface area contributed by atoms with Crippen LogP contribution in [0.5, 0.6) is 0 Å². The Hall–Kier alpha value is -2.31. The van der Waals surface area contributed by atoms with E-state index in [1.165, 1.54) is 16.3 Å². The van der Waals surface area contributed by atoms with Gasteiger partial charge >= 0.3 is 5.97 Å². The Bertz CT molecular complexity index is 1030. The van der Waals surface area contributed by atoms with Crippen LogP contribution in [0, 0.1) is 0 Å². The summed E-state index contributed by atoms with van der Waals surface area (Å²) in [5.41, 5.74) is 1.02. The van der Waals surface area contributed by atoms with Crippen molar-refractivity contribution in [2.75, 3.05) is 6.61 Å². The van der Waals surface area contributed by atoms with Gasteiger partial charge in [0.15, 0.2) is 5.16 Å². The normalized spacial score (nSPS) is 17.0. The summed E-state index contributed by atoms with van der Waals surface area (Å²) in [6.07, 6.45) is 0.599. The van der Waals surface area contributed by atoms with Crippen LogP contribution >= 0.6 is 23.4 Å². The number of thioether (sulfide) groups is 1. The molecule has 0 bridgehead atoms. The number of carbonyl (C=O) groups is 1. The molecule has 2 heterocycles. The first kappa shape index (κ1) is 16.2. The predicted molar refractivity (Wildman–Crippen MR) is 97.6 cm³/mol. The van der Waals surface area contributed by atoms with Crippen molar-refractivity contribution in [3.8, 4) is 5.69 Å². The van der Waals surface area contributed by atoms with Gasteiger partial charge in [-0.25, -0.2) is 4.98 Å². The number of rotatable bonds is 3. The van der Waals surface area contributed by atoms with Gasteiger partial charge in [0.25, 0.3) is 5.56 Å². The third-order valence-electron chi connectivity index (χ3n) is 3.95. The van der Waals surface area contributed by atoms with Gasteiger partial charge in [-0.3, -0.25) is 14.2 Å². The molecule has 0 spiro atoms. The second-order valence-corrected chi connectivity index (χ2v) is 7.20. The molecule has 0 saturated carbocycles. The van der Waals surface area contributed by atoms with Crippen LogP contribution < -0.4 is 5.56 Å². The number of ether oxygens (including phenoxy) is 1. The maximum Gasteiger partial charge on any atom is 0.319 e. The number of halogens is 1. The highest BCUT2D eigenvalue weighted by Gasteiger charge is 2.29. The molecule has 0 unspecified atom stereocenters.